The molecule has 1 aliphatic carbocycles. The summed E-state index contributed by atoms with van der Waals surface area (Å²) in [5, 5.41) is 15.2. The Hall–Kier alpha value is -4.77. The number of carbonyl (C=O) groups is 6. The van der Waals surface area contributed by atoms with Gasteiger partial charge >= 0.3 is 5.97 Å². The van der Waals surface area contributed by atoms with Crippen LogP contribution in [-0.2, 0) is 25.6 Å². The number of nitrogens with zero attached hydrogens (tertiary/aromatic N) is 1. The van der Waals surface area contributed by atoms with Crippen LogP contribution in [0.4, 0.5) is 0 Å². The molecule has 3 N–H and O–H groups in total. The number of ketones is 2. The van der Waals surface area contributed by atoms with Gasteiger partial charge in [0.25, 0.3) is 11.8 Å². The molecule has 3 aliphatic rings. The van der Waals surface area contributed by atoms with E-state index >= 15 is 0 Å². The number of carboxylic acid groups (broad SMARTS) is 1. The number of fused-ring (bicyclic) bond motifs is 1. The minimum Gasteiger partial charge on any atom is -0.481 e. The number of carboxylic acids is 1. The quantitative estimate of drug-likeness (QED) is 0.144. The summed E-state index contributed by atoms with van der Waals surface area (Å²) in [5.41, 5.74) is 2.12. The molecule has 0 spiro atoms. The van der Waals surface area contributed by atoms with Crippen molar-refractivity contribution in [3.05, 3.63) is 107 Å². The molecule has 0 aromatic heterocycles. The van der Waals surface area contributed by atoms with Crippen LogP contribution in [0.25, 0.3) is 0 Å². The molecule has 244 valence electrons. The number of hydrogen-bond acceptors (Lipinski definition) is 8. The Balaban J connectivity index is 1.13. The number of Topliss-reactive ketones (excluding diaryl/α,β-unsaturated/α-hetero) is 2. The number of imide groups is 1. The van der Waals surface area contributed by atoms with Gasteiger partial charge in [0.15, 0.2) is 11.6 Å². The predicted molar refractivity (Wildman–Crippen MR) is 177 cm³/mol. The van der Waals surface area contributed by atoms with Gasteiger partial charge in [-0.2, -0.15) is 12.6 Å². The molecule has 3 amide bonds. The maximum atomic E-state index is 13.8. The number of carbonyl (C=O) groups excluding carboxylic acids is 5. The van der Waals surface area contributed by atoms with E-state index in [-0.39, 0.29) is 60.5 Å². The summed E-state index contributed by atoms with van der Waals surface area (Å²) in [4.78, 5) is 78.4. The Bertz CT molecular complexity index is 1630. The summed E-state index contributed by atoms with van der Waals surface area (Å²) < 4.78 is 0. The number of rotatable bonds is 13. The van der Waals surface area contributed by atoms with Crippen LogP contribution in [0, 0.1) is 11.8 Å². The Morgan fingerprint density at radius 2 is 1.62 bits per heavy atom. The van der Waals surface area contributed by atoms with Crippen molar-refractivity contribution in [2.24, 2.45) is 11.8 Å². The number of amides is 3. The first-order valence-corrected chi connectivity index (χ1v) is 16.3. The molecule has 2 aromatic carbocycles. The van der Waals surface area contributed by atoms with Crippen molar-refractivity contribution in [1.82, 2.24) is 15.5 Å². The molecule has 11 heteroatoms. The zero-order valence-electron chi connectivity index (χ0n) is 25.8. The Morgan fingerprint density at radius 1 is 0.936 bits per heavy atom. The van der Waals surface area contributed by atoms with E-state index in [1.165, 1.54) is 4.90 Å². The molecule has 10 nitrogen and oxygen atoms in total. The van der Waals surface area contributed by atoms with Crippen LogP contribution in [0.3, 0.4) is 0 Å². The number of benzene rings is 2. The van der Waals surface area contributed by atoms with Crippen molar-refractivity contribution in [3.63, 3.8) is 0 Å². The largest absolute Gasteiger partial charge is 0.481 e. The van der Waals surface area contributed by atoms with Crippen LogP contribution in [0.1, 0.15) is 64.8 Å². The van der Waals surface area contributed by atoms with Gasteiger partial charge in [-0.3, -0.25) is 33.7 Å². The van der Waals surface area contributed by atoms with Crippen LogP contribution in [0.5, 0.6) is 0 Å². The van der Waals surface area contributed by atoms with Gasteiger partial charge in [-0.25, -0.2) is 0 Å². The molecule has 1 saturated carbocycles. The van der Waals surface area contributed by atoms with E-state index in [0.29, 0.717) is 36.8 Å². The first-order valence-electron chi connectivity index (χ1n) is 15.8. The van der Waals surface area contributed by atoms with E-state index in [0.717, 1.165) is 5.56 Å². The molecule has 5 rings (SSSR count). The fourth-order valence-electron chi connectivity index (χ4n) is 6.24. The van der Waals surface area contributed by atoms with Crippen molar-refractivity contribution < 1.29 is 33.9 Å². The summed E-state index contributed by atoms with van der Waals surface area (Å²) in [6.45, 7) is 0.239. The van der Waals surface area contributed by atoms with Gasteiger partial charge in [0.2, 0.25) is 5.91 Å². The highest BCUT2D eigenvalue weighted by atomic mass is 32.1. The topological polar surface area (TPSA) is 150 Å². The number of unbranched alkanes of at least 4 members (excludes halogenated alkanes) is 1. The Kier molecular flexibility index (Phi) is 10.9. The van der Waals surface area contributed by atoms with Crippen molar-refractivity contribution >= 4 is 47.9 Å². The van der Waals surface area contributed by atoms with Gasteiger partial charge < -0.3 is 15.7 Å². The van der Waals surface area contributed by atoms with E-state index in [9.17, 15) is 33.9 Å². The first kappa shape index (κ1) is 33.6. The molecule has 2 aliphatic heterocycles. The molecule has 4 atom stereocenters. The van der Waals surface area contributed by atoms with E-state index < -0.39 is 35.0 Å². The molecule has 0 radical (unpaired) electrons. The van der Waals surface area contributed by atoms with Gasteiger partial charge in [-0.1, -0.05) is 55.0 Å². The molecule has 1 fully saturated rings. The summed E-state index contributed by atoms with van der Waals surface area (Å²) in [6.07, 6.45) is 8.68. The van der Waals surface area contributed by atoms with Crippen LogP contribution in [-0.4, -0.2) is 63.1 Å². The van der Waals surface area contributed by atoms with Crippen LogP contribution in [0.15, 0.2) is 90.3 Å². The third-order valence-electron chi connectivity index (χ3n) is 8.81. The fraction of sp³-hybridized carbons (Fsp3) is 0.333. The third kappa shape index (κ3) is 7.79. The highest BCUT2D eigenvalue weighted by Gasteiger charge is 2.37. The highest BCUT2D eigenvalue weighted by molar-refractivity contribution is 7.81. The Morgan fingerprint density at radius 3 is 2.28 bits per heavy atom. The zero-order valence-corrected chi connectivity index (χ0v) is 26.7. The second-order valence-electron chi connectivity index (χ2n) is 12.0. The van der Waals surface area contributed by atoms with Crippen molar-refractivity contribution in [3.8, 4) is 0 Å². The predicted octanol–water partition coefficient (Wildman–Crippen LogP) is 4.05. The van der Waals surface area contributed by atoms with Crippen molar-refractivity contribution in [2.45, 2.75) is 56.2 Å². The van der Waals surface area contributed by atoms with Gasteiger partial charge in [0.1, 0.15) is 5.92 Å². The standard InChI is InChI=1S/C36H37N3O7S/c40-29-21-23(32(41)26-14-6-8-18-37-31(26)27(36(45)46)20-22-10-2-1-3-11-22)16-17-28(29)38-33(42)30(47)15-7-9-19-39-34(43)24-12-4-5-13-25(24)35(39)44/h1-6,8,10-14,18,23,27-28,30,37,47H,7,9,15-17,19-21H2,(H,38,42)(H,45,46). The van der Waals surface area contributed by atoms with E-state index in [2.05, 4.69) is 23.3 Å². The van der Waals surface area contributed by atoms with Gasteiger partial charge in [0, 0.05) is 36.4 Å². The normalized spacial score (nSPS) is 20.4. The lowest BCUT2D eigenvalue weighted by Crippen LogP contribution is -2.47. The van der Waals surface area contributed by atoms with Crippen LogP contribution < -0.4 is 10.6 Å². The number of hydrogen-bond donors (Lipinski definition) is 4. The smallest absolute Gasteiger partial charge is 0.312 e. The molecule has 2 aromatic rings. The summed E-state index contributed by atoms with van der Waals surface area (Å²) >= 11 is 4.42. The second-order valence-corrected chi connectivity index (χ2v) is 12.6. The minimum atomic E-state index is -1.07. The summed E-state index contributed by atoms with van der Waals surface area (Å²) in [6, 6.07) is 15.1. The number of nitrogens with one attached hydrogen (secondary N) is 2. The maximum Gasteiger partial charge on any atom is 0.312 e. The molecular weight excluding hydrogens is 618 g/mol. The number of aliphatic carboxylic acids is 1. The molecule has 2 heterocycles. The number of allylic oxidation sites excluding steroid dienone is 4. The van der Waals surface area contributed by atoms with Crippen molar-refractivity contribution in [1.29, 1.82) is 0 Å². The van der Waals surface area contributed by atoms with E-state index in [4.69, 9.17) is 0 Å². The van der Waals surface area contributed by atoms with Gasteiger partial charge in [-0.05, 0) is 62.0 Å². The lowest BCUT2D eigenvalue weighted by Gasteiger charge is -2.29. The van der Waals surface area contributed by atoms with Crippen LogP contribution in [0.2, 0.25) is 0 Å². The highest BCUT2D eigenvalue weighted by Crippen LogP contribution is 2.30. The van der Waals surface area contributed by atoms with Crippen LogP contribution >= 0.6 is 12.6 Å². The lowest BCUT2D eigenvalue weighted by atomic mass is 9.79. The summed E-state index contributed by atoms with van der Waals surface area (Å²) in [7, 11) is 0. The first-order chi connectivity index (χ1) is 22.7. The fourth-order valence-corrected chi connectivity index (χ4v) is 6.50. The molecule has 4 unspecified atom stereocenters. The van der Waals surface area contributed by atoms with Gasteiger partial charge in [-0.15, -0.1) is 0 Å². The molecule has 0 bridgehead atoms. The average Bonchev–Trinajstić information content (AvgIpc) is 3.20. The zero-order chi connectivity index (χ0) is 33.5. The van der Waals surface area contributed by atoms with Crippen molar-refractivity contribution in [2.75, 3.05) is 6.54 Å². The Labute approximate surface area is 278 Å². The number of thiol groups is 1. The molecular formula is C36H37N3O7S. The lowest BCUT2D eigenvalue weighted by molar-refractivity contribution is -0.140. The average molecular weight is 656 g/mol. The third-order valence-corrected chi connectivity index (χ3v) is 9.30. The molecule has 0 saturated heterocycles. The van der Waals surface area contributed by atoms with Gasteiger partial charge in [0.05, 0.1) is 22.4 Å². The monoisotopic (exact) mass is 655 g/mol. The SMILES string of the molecule is O=C(NC1CCC(C(=O)C2=C(C(Cc3ccccc3)C(=O)O)NC=CC=C2)CC1=O)C(S)CCCCN1C(=O)c2ccccc2C1=O. The van der Waals surface area contributed by atoms with E-state index in [1.807, 2.05) is 30.3 Å². The molecule has 47 heavy (non-hydrogen) atoms. The second kappa shape index (κ2) is 15.2. The minimum absolute atomic E-state index is 0.0736. The van der Waals surface area contributed by atoms with E-state index in [1.54, 1.807) is 48.7 Å². The summed E-state index contributed by atoms with van der Waals surface area (Å²) in [5.74, 6) is -4.33. The maximum absolute atomic E-state index is 13.8.